The third-order valence-corrected chi connectivity index (χ3v) is 6.95. The number of hydrogen-bond donors (Lipinski definition) is 0. The van der Waals surface area contributed by atoms with Crippen molar-refractivity contribution in [2.24, 2.45) is 0 Å². The zero-order valence-electron chi connectivity index (χ0n) is 19.0. The van der Waals surface area contributed by atoms with E-state index in [9.17, 15) is 14.4 Å². The number of aromatic nitrogens is 2. The van der Waals surface area contributed by atoms with Crippen LogP contribution in [0.4, 0.5) is 0 Å². The molecule has 0 radical (unpaired) electrons. The fourth-order valence-corrected chi connectivity index (χ4v) is 5.02. The van der Waals surface area contributed by atoms with Gasteiger partial charge in [0.25, 0.3) is 11.5 Å². The Morgan fingerprint density at radius 1 is 1.00 bits per heavy atom. The Morgan fingerprint density at radius 2 is 1.76 bits per heavy atom. The van der Waals surface area contributed by atoms with Gasteiger partial charge in [0.2, 0.25) is 0 Å². The molecule has 6 nitrogen and oxygen atoms in total. The summed E-state index contributed by atoms with van der Waals surface area (Å²) in [7, 11) is 0. The van der Waals surface area contributed by atoms with E-state index in [1.807, 2.05) is 23.1 Å². The molecule has 0 bridgehead atoms. The SMILES string of the molecule is CCCCCn1c(SCC(=O)c2ccccc2)nc2cc(C(=O)N3CCCC3)ccc2c1=O. The number of likely N-dealkylation sites (tertiary alicyclic amines) is 1. The molecule has 172 valence electrons. The van der Waals surface area contributed by atoms with Gasteiger partial charge in [-0.05, 0) is 37.5 Å². The van der Waals surface area contributed by atoms with Crippen LogP contribution in [0.3, 0.4) is 0 Å². The van der Waals surface area contributed by atoms with Gasteiger partial charge in [0.05, 0.1) is 16.7 Å². The summed E-state index contributed by atoms with van der Waals surface area (Å²) in [5.74, 6) is 0.173. The third kappa shape index (κ3) is 5.36. The van der Waals surface area contributed by atoms with E-state index < -0.39 is 0 Å². The fourth-order valence-electron chi connectivity index (χ4n) is 4.10. The van der Waals surface area contributed by atoms with Crippen molar-refractivity contribution in [1.82, 2.24) is 14.5 Å². The Balaban J connectivity index is 1.66. The molecule has 1 aliphatic rings. The molecular formula is C26H29N3O3S. The van der Waals surface area contributed by atoms with Crippen LogP contribution in [0.1, 0.15) is 59.7 Å². The summed E-state index contributed by atoms with van der Waals surface area (Å²) in [5.41, 5.74) is 1.58. The highest BCUT2D eigenvalue weighted by molar-refractivity contribution is 7.99. The van der Waals surface area contributed by atoms with E-state index in [0.717, 1.165) is 45.2 Å². The van der Waals surface area contributed by atoms with Gasteiger partial charge in [-0.15, -0.1) is 0 Å². The van der Waals surface area contributed by atoms with Gasteiger partial charge < -0.3 is 4.90 Å². The molecule has 1 fully saturated rings. The van der Waals surface area contributed by atoms with Crippen LogP contribution in [-0.4, -0.2) is 45.0 Å². The van der Waals surface area contributed by atoms with Crippen LogP contribution >= 0.6 is 11.8 Å². The van der Waals surface area contributed by atoms with Gasteiger partial charge in [0, 0.05) is 30.8 Å². The van der Waals surface area contributed by atoms with E-state index in [1.165, 1.54) is 11.8 Å². The van der Waals surface area contributed by atoms with Crippen LogP contribution in [-0.2, 0) is 6.54 Å². The number of ketones is 1. The summed E-state index contributed by atoms with van der Waals surface area (Å²) in [4.78, 5) is 45.4. The van der Waals surface area contributed by atoms with Gasteiger partial charge in [-0.3, -0.25) is 19.0 Å². The maximum absolute atomic E-state index is 13.3. The number of carbonyl (C=O) groups is 2. The first-order valence-electron chi connectivity index (χ1n) is 11.6. The first-order valence-corrected chi connectivity index (χ1v) is 12.6. The number of amides is 1. The largest absolute Gasteiger partial charge is 0.339 e. The van der Waals surface area contributed by atoms with Crippen LogP contribution in [0.2, 0.25) is 0 Å². The molecule has 0 aliphatic carbocycles. The minimum absolute atomic E-state index is 0.00647. The van der Waals surface area contributed by atoms with Crippen molar-refractivity contribution in [3.63, 3.8) is 0 Å². The van der Waals surface area contributed by atoms with Gasteiger partial charge >= 0.3 is 0 Å². The average molecular weight is 464 g/mol. The van der Waals surface area contributed by atoms with Crippen molar-refractivity contribution in [3.8, 4) is 0 Å². The first kappa shape index (κ1) is 23.2. The number of unbranched alkanes of at least 4 members (excludes halogenated alkanes) is 2. The van der Waals surface area contributed by atoms with E-state index in [4.69, 9.17) is 4.98 Å². The zero-order chi connectivity index (χ0) is 23.2. The van der Waals surface area contributed by atoms with Gasteiger partial charge in [-0.2, -0.15) is 0 Å². The van der Waals surface area contributed by atoms with Gasteiger partial charge in [0.1, 0.15) is 0 Å². The molecule has 0 unspecified atom stereocenters. The van der Waals surface area contributed by atoms with Crippen LogP contribution in [0.25, 0.3) is 10.9 Å². The highest BCUT2D eigenvalue weighted by Crippen LogP contribution is 2.22. The molecule has 1 aliphatic heterocycles. The predicted molar refractivity (Wildman–Crippen MR) is 132 cm³/mol. The number of carbonyl (C=O) groups excluding carboxylic acids is 2. The monoisotopic (exact) mass is 463 g/mol. The van der Waals surface area contributed by atoms with Crippen molar-refractivity contribution in [2.75, 3.05) is 18.8 Å². The lowest BCUT2D eigenvalue weighted by atomic mass is 10.1. The predicted octanol–water partition coefficient (Wildman–Crippen LogP) is 4.80. The van der Waals surface area contributed by atoms with Crippen LogP contribution in [0, 0.1) is 0 Å². The van der Waals surface area contributed by atoms with E-state index in [-0.39, 0.29) is 23.0 Å². The second-order valence-electron chi connectivity index (χ2n) is 8.37. The minimum Gasteiger partial charge on any atom is -0.339 e. The Morgan fingerprint density at radius 3 is 2.48 bits per heavy atom. The molecule has 2 heterocycles. The van der Waals surface area contributed by atoms with E-state index in [0.29, 0.717) is 33.7 Å². The lowest BCUT2D eigenvalue weighted by Crippen LogP contribution is -2.28. The van der Waals surface area contributed by atoms with E-state index in [1.54, 1.807) is 34.9 Å². The molecule has 2 aromatic carbocycles. The van der Waals surface area contributed by atoms with Gasteiger partial charge in [0.15, 0.2) is 10.9 Å². The van der Waals surface area contributed by atoms with Crippen molar-refractivity contribution >= 4 is 34.4 Å². The average Bonchev–Trinajstić information content (AvgIpc) is 3.39. The maximum Gasteiger partial charge on any atom is 0.262 e. The number of hydrogen-bond acceptors (Lipinski definition) is 5. The molecule has 7 heteroatoms. The summed E-state index contributed by atoms with van der Waals surface area (Å²) >= 11 is 1.28. The molecule has 0 saturated carbocycles. The summed E-state index contributed by atoms with van der Waals surface area (Å²) < 4.78 is 1.68. The topological polar surface area (TPSA) is 72.3 Å². The molecule has 0 N–H and O–H groups in total. The second-order valence-corrected chi connectivity index (χ2v) is 9.31. The van der Waals surface area contributed by atoms with Crippen LogP contribution in [0.5, 0.6) is 0 Å². The maximum atomic E-state index is 13.3. The number of thioether (sulfide) groups is 1. The molecule has 1 aromatic heterocycles. The molecule has 3 aromatic rings. The number of benzene rings is 2. The number of nitrogens with zero attached hydrogens (tertiary/aromatic N) is 3. The van der Waals surface area contributed by atoms with Crippen molar-refractivity contribution in [3.05, 3.63) is 70.0 Å². The highest BCUT2D eigenvalue weighted by atomic mass is 32.2. The molecule has 1 saturated heterocycles. The smallest absolute Gasteiger partial charge is 0.262 e. The van der Waals surface area contributed by atoms with Crippen LogP contribution < -0.4 is 5.56 Å². The van der Waals surface area contributed by atoms with Crippen LogP contribution in [0.15, 0.2) is 58.5 Å². The molecular weight excluding hydrogens is 434 g/mol. The lowest BCUT2D eigenvalue weighted by molar-refractivity contribution is 0.0792. The zero-order valence-corrected chi connectivity index (χ0v) is 19.8. The Labute approximate surface area is 198 Å². The third-order valence-electron chi connectivity index (χ3n) is 5.97. The van der Waals surface area contributed by atoms with Crippen molar-refractivity contribution in [2.45, 2.75) is 50.7 Å². The highest BCUT2D eigenvalue weighted by Gasteiger charge is 2.21. The lowest BCUT2D eigenvalue weighted by Gasteiger charge is -2.16. The molecule has 1 amide bonds. The van der Waals surface area contributed by atoms with Crippen molar-refractivity contribution < 1.29 is 9.59 Å². The van der Waals surface area contributed by atoms with Crippen molar-refractivity contribution in [1.29, 1.82) is 0 Å². The Hall–Kier alpha value is -2.93. The Kier molecular flexibility index (Phi) is 7.60. The fraction of sp³-hybridized carbons (Fsp3) is 0.385. The van der Waals surface area contributed by atoms with Gasteiger partial charge in [-0.25, -0.2) is 4.98 Å². The van der Waals surface area contributed by atoms with E-state index >= 15 is 0 Å². The molecule has 0 atom stereocenters. The quantitative estimate of drug-likeness (QED) is 0.197. The number of rotatable bonds is 9. The Bertz CT molecular complexity index is 1200. The van der Waals surface area contributed by atoms with E-state index in [2.05, 4.69) is 6.92 Å². The summed E-state index contributed by atoms with van der Waals surface area (Å²) in [6.07, 6.45) is 4.98. The number of fused-ring (bicyclic) bond motifs is 1. The summed E-state index contributed by atoms with van der Waals surface area (Å²) in [6, 6.07) is 14.3. The minimum atomic E-state index is -0.120. The molecule has 0 spiro atoms. The normalized spacial score (nSPS) is 13.5. The molecule has 4 rings (SSSR count). The molecule has 33 heavy (non-hydrogen) atoms. The number of Topliss-reactive ketones (excluding diaryl/α,β-unsaturated/α-hetero) is 1. The first-order chi connectivity index (χ1) is 16.1. The van der Waals surface area contributed by atoms with Gasteiger partial charge in [-0.1, -0.05) is 61.9 Å². The second kappa shape index (κ2) is 10.8. The summed E-state index contributed by atoms with van der Waals surface area (Å²) in [5, 5.41) is 1.03. The standard InChI is InChI=1S/C26H29N3O3S/c1-2-3-7-16-29-25(32)21-13-12-20(24(31)28-14-8-9-15-28)17-22(21)27-26(29)33-18-23(30)19-10-5-4-6-11-19/h4-6,10-13,17H,2-3,7-9,14-16,18H2,1H3. The summed E-state index contributed by atoms with van der Waals surface area (Å²) in [6.45, 7) is 4.22.